The van der Waals surface area contributed by atoms with Crippen molar-refractivity contribution in [3.8, 4) is 22.6 Å². The molecule has 3 aromatic carbocycles. The van der Waals surface area contributed by atoms with Gasteiger partial charge in [0.25, 0.3) is 5.91 Å². The molecule has 0 fully saturated rings. The molecule has 0 saturated carbocycles. The van der Waals surface area contributed by atoms with E-state index < -0.39 is 15.7 Å². The van der Waals surface area contributed by atoms with Gasteiger partial charge < -0.3 is 24.5 Å². The first-order valence-electron chi connectivity index (χ1n) is 12.7. The predicted octanol–water partition coefficient (Wildman–Crippen LogP) is 5.71. The third-order valence-corrected chi connectivity index (χ3v) is 8.05. The van der Waals surface area contributed by atoms with Crippen LogP contribution in [-0.4, -0.2) is 39.8 Å². The third-order valence-electron chi connectivity index (χ3n) is 6.70. The lowest BCUT2D eigenvalue weighted by Crippen LogP contribution is -2.52. The van der Waals surface area contributed by atoms with Gasteiger partial charge in [-0.25, -0.2) is 4.39 Å². The molecular weight excluding hydrogens is 521 g/mol. The summed E-state index contributed by atoms with van der Waals surface area (Å²) >= 11 is 0. The van der Waals surface area contributed by atoms with Gasteiger partial charge in [-0.3, -0.25) is 4.79 Å². The topological polar surface area (TPSA) is 97.0 Å². The zero-order valence-electron chi connectivity index (χ0n) is 23.0. The van der Waals surface area contributed by atoms with Gasteiger partial charge in [0.2, 0.25) is 0 Å². The summed E-state index contributed by atoms with van der Waals surface area (Å²) in [6.07, 6.45) is 0.435. The highest BCUT2D eigenvalue weighted by atomic mass is 32.2. The molecule has 10 heteroatoms. The van der Waals surface area contributed by atoms with Crippen LogP contribution < -0.4 is 24.5 Å². The van der Waals surface area contributed by atoms with Crippen LogP contribution in [-0.2, 0) is 21.5 Å². The fourth-order valence-electron chi connectivity index (χ4n) is 4.81. The van der Waals surface area contributed by atoms with E-state index >= 15 is 0 Å². The normalized spacial score (nSPS) is 14.4. The lowest BCUT2D eigenvalue weighted by molar-refractivity contribution is -0.121. The van der Waals surface area contributed by atoms with Crippen LogP contribution in [0.2, 0.25) is 0 Å². The Morgan fingerprint density at radius 3 is 2.49 bits per heavy atom. The molecule has 0 unspecified atom stereocenters. The minimum Gasteiger partial charge on any atom is -0.496 e. The highest BCUT2D eigenvalue weighted by Crippen LogP contribution is 2.45. The summed E-state index contributed by atoms with van der Waals surface area (Å²) in [6, 6.07) is 13.2. The molecule has 1 heterocycles. The number of methoxy groups -OCH3 is 1. The zero-order chi connectivity index (χ0) is 28.5. The SMILES string of the molecule is CCCS(=O)(=O)Oc1ccc(-c2ccc3c(c2CNc2cc(F)ccc2C)N(C)C(=O)C(C)(C)N3)c(OC)c1. The van der Waals surface area contributed by atoms with Crippen LogP contribution in [0.15, 0.2) is 48.5 Å². The zero-order valence-corrected chi connectivity index (χ0v) is 23.8. The first kappa shape index (κ1) is 28.2. The van der Waals surface area contributed by atoms with Gasteiger partial charge in [-0.05, 0) is 68.7 Å². The Morgan fingerprint density at radius 1 is 1.08 bits per heavy atom. The van der Waals surface area contributed by atoms with Crippen molar-refractivity contribution in [3.63, 3.8) is 0 Å². The summed E-state index contributed by atoms with van der Waals surface area (Å²) in [5, 5.41) is 6.66. The number of fused-ring (bicyclic) bond motifs is 1. The fourth-order valence-corrected chi connectivity index (χ4v) is 5.80. The number of likely N-dealkylation sites (N-methyl/N-ethyl adjacent to an activating group) is 1. The number of rotatable bonds is 9. The number of ether oxygens (including phenoxy) is 1. The molecule has 3 aromatic rings. The number of carbonyl (C=O) groups excluding carboxylic acids is 1. The molecule has 0 spiro atoms. The third kappa shape index (κ3) is 5.80. The lowest BCUT2D eigenvalue weighted by atomic mass is 9.91. The summed E-state index contributed by atoms with van der Waals surface area (Å²) in [4.78, 5) is 14.9. The van der Waals surface area contributed by atoms with Gasteiger partial charge in [-0.2, -0.15) is 8.42 Å². The number of halogens is 1. The maximum atomic E-state index is 14.0. The van der Waals surface area contributed by atoms with Crippen molar-refractivity contribution in [2.45, 2.75) is 46.2 Å². The van der Waals surface area contributed by atoms with Gasteiger partial charge in [-0.1, -0.05) is 19.1 Å². The Morgan fingerprint density at radius 2 is 1.79 bits per heavy atom. The molecule has 1 aliphatic heterocycles. The minimum atomic E-state index is -3.73. The predicted molar refractivity (Wildman–Crippen MR) is 153 cm³/mol. The first-order chi connectivity index (χ1) is 18.4. The van der Waals surface area contributed by atoms with Crippen LogP contribution in [0, 0.1) is 12.7 Å². The van der Waals surface area contributed by atoms with Gasteiger partial charge in [0.15, 0.2) is 0 Å². The molecule has 1 aliphatic rings. The summed E-state index contributed by atoms with van der Waals surface area (Å²) in [7, 11) is -0.499. The molecule has 0 radical (unpaired) electrons. The van der Waals surface area contributed by atoms with Gasteiger partial charge in [0.05, 0.1) is 24.2 Å². The average molecular weight is 556 g/mol. The van der Waals surface area contributed by atoms with E-state index in [1.165, 1.54) is 25.3 Å². The van der Waals surface area contributed by atoms with Crippen molar-refractivity contribution in [1.82, 2.24) is 0 Å². The second-order valence-electron chi connectivity index (χ2n) is 10.1. The van der Waals surface area contributed by atoms with Gasteiger partial charge in [-0.15, -0.1) is 0 Å². The van der Waals surface area contributed by atoms with Gasteiger partial charge in [0.1, 0.15) is 22.9 Å². The lowest BCUT2D eigenvalue weighted by Gasteiger charge is -2.40. The maximum absolute atomic E-state index is 14.0. The maximum Gasteiger partial charge on any atom is 0.309 e. The summed E-state index contributed by atoms with van der Waals surface area (Å²) in [5.74, 6) is -0.00855. The van der Waals surface area contributed by atoms with Crippen LogP contribution in [0.1, 0.15) is 38.3 Å². The molecule has 0 aromatic heterocycles. The quantitative estimate of drug-likeness (QED) is 0.327. The summed E-state index contributed by atoms with van der Waals surface area (Å²) in [6.45, 7) is 7.57. The fraction of sp³-hybridized carbons (Fsp3) is 0.345. The number of nitrogens with zero attached hydrogens (tertiary/aromatic N) is 1. The molecule has 0 bridgehead atoms. The Bertz CT molecular complexity index is 1520. The van der Waals surface area contributed by atoms with E-state index in [0.717, 1.165) is 22.4 Å². The Kier molecular flexibility index (Phi) is 7.79. The number of aryl methyl sites for hydroxylation is 1. The number of hydrogen-bond acceptors (Lipinski definition) is 7. The summed E-state index contributed by atoms with van der Waals surface area (Å²) < 4.78 is 49.4. The van der Waals surface area contributed by atoms with Crippen LogP contribution in [0.4, 0.5) is 21.5 Å². The summed E-state index contributed by atoms with van der Waals surface area (Å²) in [5.41, 5.74) is 4.39. The van der Waals surface area contributed by atoms with Crippen LogP contribution in [0.3, 0.4) is 0 Å². The molecule has 0 aliphatic carbocycles. The molecule has 0 atom stereocenters. The van der Waals surface area contributed by atoms with Crippen molar-refractivity contribution < 1.29 is 26.5 Å². The van der Waals surface area contributed by atoms with E-state index in [-0.39, 0.29) is 29.8 Å². The number of amides is 1. The first-order valence-corrected chi connectivity index (χ1v) is 14.3. The van der Waals surface area contributed by atoms with Crippen molar-refractivity contribution in [2.75, 3.05) is 35.4 Å². The second-order valence-corrected chi connectivity index (χ2v) is 11.8. The highest BCUT2D eigenvalue weighted by Gasteiger charge is 2.38. The van der Waals surface area contributed by atoms with Crippen molar-refractivity contribution in [3.05, 3.63) is 65.5 Å². The average Bonchev–Trinajstić information content (AvgIpc) is 2.87. The van der Waals surface area contributed by atoms with E-state index in [2.05, 4.69) is 10.6 Å². The van der Waals surface area contributed by atoms with Crippen molar-refractivity contribution >= 4 is 33.1 Å². The number of benzene rings is 3. The van der Waals surface area contributed by atoms with E-state index in [1.54, 1.807) is 37.1 Å². The van der Waals surface area contributed by atoms with E-state index in [9.17, 15) is 17.6 Å². The molecule has 4 rings (SSSR count). The number of nitrogens with one attached hydrogen (secondary N) is 2. The van der Waals surface area contributed by atoms with E-state index in [1.807, 2.05) is 32.9 Å². The minimum absolute atomic E-state index is 0.0963. The number of anilines is 3. The monoisotopic (exact) mass is 555 g/mol. The Labute approximate surface area is 229 Å². The molecule has 1 amide bonds. The Balaban J connectivity index is 1.85. The molecule has 8 nitrogen and oxygen atoms in total. The van der Waals surface area contributed by atoms with E-state index in [4.69, 9.17) is 8.92 Å². The number of hydrogen-bond donors (Lipinski definition) is 2. The highest BCUT2D eigenvalue weighted by molar-refractivity contribution is 7.87. The molecule has 208 valence electrons. The molecule has 0 saturated heterocycles. The molecular formula is C29H34FN3O5S. The number of carbonyl (C=O) groups is 1. The smallest absolute Gasteiger partial charge is 0.309 e. The van der Waals surface area contributed by atoms with Gasteiger partial charge in [0, 0.05) is 36.5 Å². The molecule has 2 N–H and O–H groups in total. The second kappa shape index (κ2) is 10.8. The molecule has 39 heavy (non-hydrogen) atoms. The van der Waals surface area contributed by atoms with E-state index in [0.29, 0.717) is 29.1 Å². The largest absolute Gasteiger partial charge is 0.496 e. The van der Waals surface area contributed by atoms with Crippen molar-refractivity contribution in [1.29, 1.82) is 0 Å². The van der Waals surface area contributed by atoms with Crippen LogP contribution in [0.25, 0.3) is 11.1 Å². The van der Waals surface area contributed by atoms with Crippen LogP contribution >= 0.6 is 0 Å². The van der Waals surface area contributed by atoms with Crippen molar-refractivity contribution in [2.24, 2.45) is 0 Å². The van der Waals surface area contributed by atoms with Crippen LogP contribution in [0.5, 0.6) is 11.5 Å². The Hall–Kier alpha value is -3.79. The standard InChI is InChI=1S/C29H34FN3O5S/c1-7-14-39(35,36)38-20-10-11-22(26(16-20)37-6)21-12-13-24-27(33(5)28(34)29(3,4)32-24)23(21)17-31-25-15-19(30)9-8-18(25)2/h8-13,15-16,31-32H,7,14,17H2,1-6H3. The van der Waals surface area contributed by atoms with Gasteiger partial charge >= 0.3 is 10.1 Å².